The normalized spacial score (nSPS) is 10.8. The van der Waals surface area contributed by atoms with Crippen molar-refractivity contribution in [3.05, 3.63) is 48.7 Å². The Morgan fingerprint density at radius 1 is 1.17 bits per heavy atom. The van der Waals surface area contributed by atoms with Gasteiger partial charge in [-0.25, -0.2) is 19.3 Å². The number of aliphatic hydroxyl groups excluding tert-OH is 1. The van der Waals surface area contributed by atoms with Crippen LogP contribution < -0.4 is 5.32 Å². The summed E-state index contributed by atoms with van der Waals surface area (Å²) in [4.78, 5) is 13.1. The van der Waals surface area contributed by atoms with Gasteiger partial charge in [-0.1, -0.05) is 0 Å². The van der Waals surface area contributed by atoms with E-state index >= 15 is 0 Å². The maximum Gasteiger partial charge on any atom is 0.223 e. The third kappa shape index (κ3) is 3.26. The van der Waals surface area contributed by atoms with Crippen molar-refractivity contribution in [2.24, 2.45) is 0 Å². The van der Waals surface area contributed by atoms with Gasteiger partial charge < -0.3 is 15.0 Å². The van der Waals surface area contributed by atoms with E-state index in [0.29, 0.717) is 18.2 Å². The molecule has 0 aliphatic rings. The van der Waals surface area contributed by atoms with E-state index in [1.165, 1.54) is 12.1 Å². The van der Waals surface area contributed by atoms with Crippen molar-refractivity contribution in [1.29, 1.82) is 0 Å². The van der Waals surface area contributed by atoms with Crippen molar-refractivity contribution in [2.45, 2.75) is 13.5 Å². The maximum absolute atomic E-state index is 13.2. The van der Waals surface area contributed by atoms with Gasteiger partial charge in [-0.05, 0) is 37.3 Å². The Balaban J connectivity index is 2.06. The molecule has 0 unspecified atom stereocenters. The number of hydrogen-bond donors (Lipinski definition) is 2. The van der Waals surface area contributed by atoms with Crippen LogP contribution in [0.25, 0.3) is 22.6 Å². The molecule has 0 aliphatic carbocycles. The zero-order valence-electron chi connectivity index (χ0n) is 13.3. The first-order chi connectivity index (χ1) is 11.7. The van der Waals surface area contributed by atoms with Crippen LogP contribution in [0, 0.1) is 5.82 Å². The van der Waals surface area contributed by atoms with Gasteiger partial charge in [0, 0.05) is 24.8 Å². The van der Waals surface area contributed by atoms with Crippen molar-refractivity contribution in [2.75, 3.05) is 18.5 Å². The molecule has 0 amide bonds. The maximum atomic E-state index is 13.2. The predicted molar refractivity (Wildman–Crippen MR) is 89.9 cm³/mol. The van der Waals surface area contributed by atoms with E-state index in [4.69, 9.17) is 5.11 Å². The summed E-state index contributed by atoms with van der Waals surface area (Å²) in [5, 5.41) is 11.9. The summed E-state index contributed by atoms with van der Waals surface area (Å²) in [6.45, 7) is 3.13. The van der Waals surface area contributed by atoms with Crippen LogP contribution in [0.3, 0.4) is 0 Å². The lowest BCUT2D eigenvalue weighted by Crippen LogP contribution is -2.09. The molecule has 2 heterocycles. The second-order valence-electron chi connectivity index (χ2n) is 5.15. The van der Waals surface area contributed by atoms with Gasteiger partial charge in [0.25, 0.3) is 0 Å². The van der Waals surface area contributed by atoms with Gasteiger partial charge in [0.15, 0.2) is 0 Å². The van der Waals surface area contributed by atoms with Gasteiger partial charge >= 0.3 is 0 Å². The van der Waals surface area contributed by atoms with E-state index in [0.717, 1.165) is 23.5 Å². The first-order valence-electron chi connectivity index (χ1n) is 7.72. The van der Waals surface area contributed by atoms with E-state index in [9.17, 15) is 4.39 Å². The Morgan fingerprint density at radius 3 is 2.67 bits per heavy atom. The van der Waals surface area contributed by atoms with Gasteiger partial charge in [-0.2, -0.15) is 0 Å². The minimum atomic E-state index is -0.284. The second kappa shape index (κ2) is 7.18. The number of halogens is 1. The first-order valence-corrected chi connectivity index (χ1v) is 7.72. The SMILES string of the molecule is CCn1cnc(-c2ccc(F)cc2)c1-c1ccnc(NCCO)n1. The van der Waals surface area contributed by atoms with Crippen LogP contribution in [-0.4, -0.2) is 37.8 Å². The zero-order chi connectivity index (χ0) is 16.9. The molecular formula is C17H18FN5O. The van der Waals surface area contributed by atoms with Crippen LogP contribution >= 0.6 is 0 Å². The summed E-state index contributed by atoms with van der Waals surface area (Å²) in [6.07, 6.45) is 3.40. The Bertz CT molecular complexity index is 816. The summed E-state index contributed by atoms with van der Waals surface area (Å²) in [7, 11) is 0. The predicted octanol–water partition coefficient (Wildman–Crippen LogP) is 2.57. The minimum absolute atomic E-state index is 0.00130. The zero-order valence-corrected chi connectivity index (χ0v) is 13.3. The van der Waals surface area contributed by atoms with Gasteiger partial charge in [-0.15, -0.1) is 0 Å². The molecule has 0 spiro atoms. The van der Waals surface area contributed by atoms with Crippen LogP contribution in [0.15, 0.2) is 42.9 Å². The number of hydrogen-bond acceptors (Lipinski definition) is 5. The van der Waals surface area contributed by atoms with Crippen molar-refractivity contribution >= 4 is 5.95 Å². The summed E-state index contributed by atoms with van der Waals surface area (Å²) in [6, 6.07) is 8.04. The summed E-state index contributed by atoms with van der Waals surface area (Å²) >= 11 is 0. The number of imidazole rings is 1. The molecule has 0 fully saturated rings. The van der Waals surface area contributed by atoms with E-state index in [2.05, 4.69) is 20.3 Å². The van der Waals surface area contributed by atoms with E-state index in [1.807, 2.05) is 11.5 Å². The molecule has 7 heteroatoms. The average molecular weight is 327 g/mol. The molecule has 24 heavy (non-hydrogen) atoms. The third-order valence-electron chi connectivity index (χ3n) is 3.59. The molecule has 0 saturated carbocycles. The highest BCUT2D eigenvalue weighted by Crippen LogP contribution is 2.30. The number of aryl methyl sites for hydroxylation is 1. The van der Waals surface area contributed by atoms with Gasteiger partial charge in [0.2, 0.25) is 5.95 Å². The number of benzene rings is 1. The number of nitrogens with one attached hydrogen (secondary N) is 1. The lowest BCUT2D eigenvalue weighted by atomic mass is 10.1. The molecule has 2 N–H and O–H groups in total. The second-order valence-corrected chi connectivity index (χ2v) is 5.15. The van der Waals surface area contributed by atoms with E-state index in [-0.39, 0.29) is 12.4 Å². The fraction of sp³-hybridized carbons (Fsp3) is 0.235. The molecular weight excluding hydrogens is 309 g/mol. The molecule has 3 rings (SSSR count). The summed E-state index contributed by atoms with van der Waals surface area (Å²) < 4.78 is 15.2. The molecule has 124 valence electrons. The number of anilines is 1. The Hall–Kier alpha value is -2.80. The van der Waals surface area contributed by atoms with Gasteiger partial charge in [0.1, 0.15) is 5.82 Å². The molecule has 0 aliphatic heterocycles. The fourth-order valence-corrected chi connectivity index (χ4v) is 2.45. The van der Waals surface area contributed by atoms with E-state index < -0.39 is 0 Å². The highest BCUT2D eigenvalue weighted by molar-refractivity contribution is 5.77. The monoisotopic (exact) mass is 327 g/mol. The number of aliphatic hydroxyl groups is 1. The Kier molecular flexibility index (Phi) is 4.81. The topological polar surface area (TPSA) is 75.9 Å². The third-order valence-corrected chi connectivity index (χ3v) is 3.59. The summed E-state index contributed by atoms with van der Waals surface area (Å²) in [5.74, 6) is 0.156. The van der Waals surface area contributed by atoms with Crippen LogP contribution in [0.2, 0.25) is 0 Å². The van der Waals surface area contributed by atoms with Crippen molar-refractivity contribution in [3.8, 4) is 22.6 Å². The minimum Gasteiger partial charge on any atom is -0.395 e. The number of rotatable bonds is 6. The van der Waals surface area contributed by atoms with Crippen molar-refractivity contribution < 1.29 is 9.50 Å². The molecule has 1 aromatic carbocycles. The standard InChI is InChI=1S/C17H18FN5O/c1-2-23-11-21-15(12-3-5-13(18)6-4-12)16(23)14-7-8-19-17(22-14)20-9-10-24/h3-8,11,24H,2,9-10H2,1H3,(H,19,20,22). The molecule has 0 radical (unpaired) electrons. The largest absolute Gasteiger partial charge is 0.395 e. The molecule has 3 aromatic rings. The van der Waals surface area contributed by atoms with Crippen LogP contribution in [-0.2, 0) is 6.54 Å². The molecule has 0 bridgehead atoms. The number of nitrogens with zero attached hydrogens (tertiary/aromatic N) is 4. The molecule has 2 aromatic heterocycles. The van der Waals surface area contributed by atoms with Gasteiger partial charge in [0.05, 0.1) is 30.0 Å². The molecule has 6 nitrogen and oxygen atoms in total. The van der Waals surface area contributed by atoms with Gasteiger partial charge in [-0.3, -0.25) is 0 Å². The smallest absolute Gasteiger partial charge is 0.223 e. The number of aromatic nitrogens is 4. The van der Waals surface area contributed by atoms with Crippen LogP contribution in [0.1, 0.15) is 6.92 Å². The fourth-order valence-electron chi connectivity index (χ4n) is 2.45. The molecule has 0 atom stereocenters. The van der Waals surface area contributed by atoms with Crippen molar-refractivity contribution in [3.63, 3.8) is 0 Å². The van der Waals surface area contributed by atoms with Crippen LogP contribution in [0.4, 0.5) is 10.3 Å². The van der Waals surface area contributed by atoms with Crippen molar-refractivity contribution in [1.82, 2.24) is 19.5 Å². The highest BCUT2D eigenvalue weighted by atomic mass is 19.1. The first kappa shape index (κ1) is 16.1. The highest BCUT2D eigenvalue weighted by Gasteiger charge is 2.16. The Morgan fingerprint density at radius 2 is 1.96 bits per heavy atom. The lowest BCUT2D eigenvalue weighted by Gasteiger charge is -2.09. The van der Waals surface area contributed by atoms with Crippen LogP contribution in [0.5, 0.6) is 0 Å². The Labute approximate surface area is 139 Å². The lowest BCUT2D eigenvalue weighted by molar-refractivity contribution is 0.311. The van der Waals surface area contributed by atoms with E-state index in [1.54, 1.807) is 30.7 Å². The quantitative estimate of drug-likeness (QED) is 0.728. The summed E-state index contributed by atoms with van der Waals surface area (Å²) in [5.41, 5.74) is 3.12. The molecule has 0 saturated heterocycles. The average Bonchev–Trinajstić information content (AvgIpc) is 3.05.